The standard InChI is InChI=1S/C63H60F3N11O6/c1-39(2)58(61(82)72-52(15-9-26-69-62(67)83)60(81)68-27-25-56(79)76-37-45-13-4-3-10-40(45)17-18-41-11-6-8-16-53(41)76)73-55(78)38-74-28-30-75(31-29-74)54-23-21-47(34-49(54)63(64,65)66)77-57(80)24-20-44-35-71-51-22-19-42(33-48(51)59(44)77)46-32-43-12-5-7-14-50(43)70-36-46/h3-8,10-14,16,19-24,32-36,39,52,58H,9,15,25-31,37-38H2,1-2H3,(H,68,81)(H,72,82)(H,73,78)(H3,67,69,83)/t52-,58-/m0/s1. The summed E-state index contributed by atoms with van der Waals surface area (Å²) in [5.41, 5.74) is 10.1. The number of anilines is 2. The van der Waals surface area contributed by atoms with E-state index < -0.39 is 59.1 Å². The SMILES string of the molecule is CC(C)[C@H](NC(=O)CN1CCN(c2ccc(-n3c(=O)ccc4cnc5ccc(-c6cnc7ccccc7c6)cc5c43)cc2C(F)(F)F)CC1)C(=O)N[C@@H](CCCNC(N)=O)C(=O)NCCC(=O)N1Cc2ccccc2C#Cc2ccccc21. The van der Waals surface area contributed by atoms with E-state index in [0.29, 0.717) is 33.1 Å². The van der Waals surface area contributed by atoms with Crippen molar-refractivity contribution in [3.8, 4) is 28.7 Å². The fourth-order valence-electron chi connectivity index (χ4n) is 10.7. The number of nitrogens with zero attached hydrogens (tertiary/aromatic N) is 6. The van der Waals surface area contributed by atoms with E-state index in [1.165, 1.54) is 22.8 Å². The molecule has 0 unspecified atom stereocenters. The fraction of sp³-hybridized carbons (Fsp3) is 0.270. The molecule has 5 heterocycles. The molecule has 17 nitrogen and oxygen atoms in total. The number of nitrogens with one attached hydrogen (secondary N) is 4. The van der Waals surface area contributed by atoms with Gasteiger partial charge in [0.2, 0.25) is 23.6 Å². The summed E-state index contributed by atoms with van der Waals surface area (Å²) in [6, 6.07) is 34.0. The highest BCUT2D eigenvalue weighted by Gasteiger charge is 2.37. The molecule has 0 radical (unpaired) electrons. The summed E-state index contributed by atoms with van der Waals surface area (Å²) in [5, 5.41) is 12.9. The Morgan fingerprint density at radius 1 is 0.699 bits per heavy atom. The number of hydrogen-bond acceptors (Lipinski definition) is 10. The van der Waals surface area contributed by atoms with Gasteiger partial charge in [0.15, 0.2) is 0 Å². The lowest BCUT2D eigenvalue weighted by Crippen LogP contribution is -2.57. The number of alkyl halides is 3. The van der Waals surface area contributed by atoms with Gasteiger partial charge in [-0.05, 0) is 96.6 Å². The minimum absolute atomic E-state index is 0.0218. The summed E-state index contributed by atoms with van der Waals surface area (Å²) < 4.78 is 46.9. The third kappa shape index (κ3) is 13.0. The van der Waals surface area contributed by atoms with Crippen LogP contribution in [0.15, 0.2) is 145 Å². The summed E-state index contributed by atoms with van der Waals surface area (Å²) in [4.78, 5) is 94.9. The lowest BCUT2D eigenvalue weighted by atomic mass is 10.0. The van der Waals surface area contributed by atoms with Crippen LogP contribution < -0.4 is 42.4 Å². The van der Waals surface area contributed by atoms with Gasteiger partial charge < -0.3 is 36.8 Å². The molecular formula is C63H60F3N11O6. The molecule has 10 rings (SSSR count). The van der Waals surface area contributed by atoms with Crippen molar-refractivity contribution in [3.05, 3.63) is 172 Å². The highest BCUT2D eigenvalue weighted by Crippen LogP contribution is 2.39. The zero-order valence-corrected chi connectivity index (χ0v) is 45.6. The van der Waals surface area contributed by atoms with Gasteiger partial charge in [0, 0.05) is 103 Å². The van der Waals surface area contributed by atoms with E-state index in [2.05, 4.69) is 43.1 Å². The van der Waals surface area contributed by atoms with Crippen molar-refractivity contribution < 1.29 is 37.1 Å². The van der Waals surface area contributed by atoms with Crippen molar-refractivity contribution in [1.82, 2.24) is 40.7 Å². The number of urea groups is 1. The van der Waals surface area contributed by atoms with Crippen molar-refractivity contribution in [1.29, 1.82) is 0 Å². The van der Waals surface area contributed by atoms with E-state index in [0.717, 1.165) is 39.2 Å². The molecule has 1 saturated heterocycles. The van der Waals surface area contributed by atoms with Crippen molar-refractivity contribution in [2.24, 2.45) is 11.7 Å². The predicted octanol–water partition coefficient (Wildman–Crippen LogP) is 7.42. The molecular weight excluding hydrogens is 1060 g/mol. The lowest BCUT2D eigenvalue weighted by molar-refractivity contribution is -0.137. The maximum absolute atomic E-state index is 15.2. The number of aromatic nitrogens is 3. The Kier molecular flexibility index (Phi) is 16.8. The first-order valence-electron chi connectivity index (χ1n) is 27.4. The summed E-state index contributed by atoms with van der Waals surface area (Å²) >= 11 is 0. The van der Waals surface area contributed by atoms with E-state index >= 15 is 13.2 Å². The second kappa shape index (κ2) is 24.6. The quantitative estimate of drug-likeness (QED) is 0.0345. The second-order valence-electron chi connectivity index (χ2n) is 20.9. The molecule has 3 aromatic heterocycles. The topological polar surface area (TPSA) is 217 Å². The largest absolute Gasteiger partial charge is 0.418 e. The molecule has 0 spiro atoms. The molecule has 2 aliphatic rings. The summed E-state index contributed by atoms with van der Waals surface area (Å²) in [6.07, 6.45) is -1.22. The molecule has 1 fully saturated rings. The van der Waals surface area contributed by atoms with Gasteiger partial charge in [0.25, 0.3) is 5.56 Å². The predicted molar refractivity (Wildman–Crippen MR) is 312 cm³/mol. The Balaban J connectivity index is 0.787. The van der Waals surface area contributed by atoms with Crippen LogP contribution in [0.1, 0.15) is 55.4 Å². The molecule has 6 N–H and O–H groups in total. The smallest absolute Gasteiger partial charge is 0.368 e. The monoisotopic (exact) mass is 1120 g/mol. The minimum atomic E-state index is -4.81. The number of primary amides is 1. The number of nitrogens with two attached hydrogens (primary N) is 1. The molecule has 2 aliphatic heterocycles. The third-order valence-electron chi connectivity index (χ3n) is 14.9. The molecule has 0 saturated carbocycles. The van der Waals surface area contributed by atoms with Crippen LogP contribution in [0.25, 0.3) is 49.5 Å². The molecule has 0 aliphatic carbocycles. The van der Waals surface area contributed by atoms with Crippen LogP contribution in [-0.2, 0) is 31.9 Å². The van der Waals surface area contributed by atoms with Crippen LogP contribution in [0.5, 0.6) is 0 Å². The van der Waals surface area contributed by atoms with E-state index in [1.54, 1.807) is 47.0 Å². The van der Waals surface area contributed by atoms with Gasteiger partial charge in [-0.2, -0.15) is 13.2 Å². The number of rotatable bonds is 17. The number of carbonyl (C=O) groups excluding carboxylic acids is 5. The van der Waals surface area contributed by atoms with E-state index in [1.807, 2.05) is 97.1 Å². The minimum Gasteiger partial charge on any atom is -0.368 e. The van der Waals surface area contributed by atoms with Crippen LogP contribution in [-0.4, -0.2) is 107 Å². The van der Waals surface area contributed by atoms with Gasteiger partial charge in [-0.25, -0.2) is 4.79 Å². The Bertz CT molecular complexity index is 3940. The van der Waals surface area contributed by atoms with Crippen LogP contribution in [0, 0.1) is 17.8 Å². The summed E-state index contributed by atoms with van der Waals surface area (Å²) in [5.74, 6) is 3.92. The van der Waals surface area contributed by atoms with Crippen LogP contribution in [0.4, 0.5) is 29.3 Å². The van der Waals surface area contributed by atoms with Crippen molar-refractivity contribution >= 4 is 73.7 Å². The molecule has 0 bridgehead atoms. The Morgan fingerprint density at radius 3 is 2.22 bits per heavy atom. The van der Waals surface area contributed by atoms with Gasteiger partial charge in [-0.15, -0.1) is 0 Å². The normalized spacial score (nSPS) is 14.1. The Labute approximate surface area is 476 Å². The summed E-state index contributed by atoms with van der Waals surface area (Å²) in [7, 11) is 0. The van der Waals surface area contributed by atoms with Gasteiger partial charge in [0.1, 0.15) is 12.1 Å². The molecule has 424 valence electrons. The van der Waals surface area contributed by atoms with E-state index in [9.17, 15) is 28.8 Å². The van der Waals surface area contributed by atoms with Crippen LogP contribution in [0.2, 0.25) is 0 Å². The maximum Gasteiger partial charge on any atom is 0.418 e. The average molecular weight is 1120 g/mol. The van der Waals surface area contributed by atoms with Crippen molar-refractivity contribution in [2.75, 3.05) is 55.6 Å². The second-order valence-corrected chi connectivity index (χ2v) is 20.9. The third-order valence-corrected chi connectivity index (χ3v) is 14.9. The highest BCUT2D eigenvalue weighted by molar-refractivity contribution is 6.06. The molecule has 20 heteroatoms. The Morgan fingerprint density at radius 2 is 1.43 bits per heavy atom. The van der Waals surface area contributed by atoms with Gasteiger partial charge in [-0.3, -0.25) is 43.4 Å². The number of halogens is 3. The average Bonchev–Trinajstić information content (AvgIpc) is 3.62. The number of para-hydroxylation sites is 2. The zero-order valence-electron chi connectivity index (χ0n) is 45.6. The van der Waals surface area contributed by atoms with Gasteiger partial charge >= 0.3 is 12.2 Å². The Hall–Kier alpha value is -9.61. The number of amides is 6. The van der Waals surface area contributed by atoms with Crippen molar-refractivity contribution in [2.45, 2.75) is 57.9 Å². The number of hydrogen-bond donors (Lipinski definition) is 5. The first-order chi connectivity index (χ1) is 40.0. The molecule has 2 atom stereocenters. The molecule has 6 amide bonds. The van der Waals surface area contributed by atoms with Crippen molar-refractivity contribution in [3.63, 3.8) is 0 Å². The van der Waals surface area contributed by atoms with Crippen LogP contribution in [0.3, 0.4) is 0 Å². The molecule has 8 aromatic rings. The maximum atomic E-state index is 15.2. The first-order valence-corrected chi connectivity index (χ1v) is 27.4. The lowest BCUT2D eigenvalue weighted by Gasteiger charge is -2.37. The van der Waals surface area contributed by atoms with Crippen LogP contribution >= 0.6 is 0 Å². The van der Waals surface area contributed by atoms with Gasteiger partial charge in [-0.1, -0.05) is 80.3 Å². The van der Waals surface area contributed by atoms with Gasteiger partial charge in [0.05, 0.1) is 46.6 Å². The zero-order chi connectivity index (χ0) is 58.4. The number of carbonyl (C=O) groups is 5. The number of fused-ring (bicyclic) bond motifs is 6. The highest BCUT2D eigenvalue weighted by atomic mass is 19.4. The molecule has 83 heavy (non-hydrogen) atoms. The number of piperazine rings is 1. The van der Waals surface area contributed by atoms with E-state index in [-0.39, 0.29) is 88.9 Å². The number of pyridine rings is 3. The fourth-order valence-corrected chi connectivity index (χ4v) is 10.7. The number of benzene rings is 5. The molecule has 5 aromatic carbocycles. The summed E-state index contributed by atoms with van der Waals surface area (Å²) in [6.45, 7) is 4.27. The van der Waals surface area contributed by atoms with E-state index in [4.69, 9.17) is 5.73 Å². The first kappa shape index (κ1) is 56.7.